The molecule has 0 spiro atoms. The zero-order valence-electron chi connectivity index (χ0n) is 10.5. The van der Waals surface area contributed by atoms with Gasteiger partial charge in [-0.3, -0.25) is 0 Å². The summed E-state index contributed by atoms with van der Waals surface area (Å²) in [6, 6.07) is 3.50. The maximum Gasteiger partial charge on any atom is 0.215 e. The highest BCUT2D eigenvalue weighted by Crippen LogP contribution is 2.18. The average Bonchev–Trinajstić information content (AvgIpc) is 2.35. The van der Waals surface area contributed by atoms with E-state index < -0.39 is 0 Å². The Hall–Kier alpha value is -1.49. The lowest BCUT2D eigenvalue weighted by atomic mass is 10.4. The first-order valence-corrected chi connectivity index (χ1v) is 5.90. The molecule has 17 heavy (non-hydrogen) atoms. The molecule has 5 nitrogen and oxygen atoms in total. The van der Waals surface area contributed by atoms with Crippen molar-refractivity contribution < 1.29 is 9.47 Å². The first kappa shape index (κ1) is 13.6. The van der Waals surface area contributed by atoms with Gasteiger partial charge in [-0.25, -0.2) is 0 Å². The summed E-state index contributed by atoms with van der Waals surface area (Å²) in [5.41, 5.74) is 6.40. The van der Waals surface area contributed by atoms with Crippen molar-refractivity contribution in [2.75, 3.05) is 37.9 Å². The van der Waals surface area contributed by atoms with Gasteiger partial charge in [0, 0.05) is 19.2 Å². The maximum absolute atomic E-state index is 5.79. The number of nitrogens with zero attached hydrogens (tertiary/aromatic N) is 1. The number of anilines is 2. The van der Waals surface area contributed by atoms with Crippen molar-refractivity contribution in [1.82, 2.24) is 4.98 Å². The van der Waals surface area contributed by atoms with E-state index in [2.05, 4.69) is 17.2 Å². The Morgan fingerprint density at radius 1 is 1.35 bits per heavy atom. The molecule has 1 aromatic heterocycles. The Balaban J connectivity index is 2.30. The number of unbranched alkanes of at least 4 members (excludes halogenated alkanes) is 1. The molecule has 0 saturated carbocycles. The molecule has 0 aliphatic carbocycles. The zero-order valence-corrected chi connectivity index (χ0v) is 10.5. The van der Waals surface area contributed by atoms with Gasteiger partial charge in [-0.05, 0) is 12.5 Å². The molecular formula is C12H21N3O2. The summed E-state index contributed by atoms with van der Waals surface area (Å²) in [6.45, 7) is 4.29. The number of nitrogen functional groups attached to an aromatic ring is 1. The predicted octanol–water partition coefficient (Wildman–Crippen LogP) is 1.90. The zero-order chi connectivity index (χ0) is 12.5. The number of rotatable bonds is 8. The Kier molecular flexibility index (Phi) is 6.17. The SMILES string of the molecule is CCCCOCCNc1nc(OC)ccc1N. The van der Waals surface area contributed by atoms with E-state index in [9.17, 15) is 0 Å². The van der Waals surface area contributed by atoms with Crippen LogP contribution < -0.4 is 15.8 Å². The van der Waals surface area contributed by atoms with Gasteiger partial charge in [0.1, 0.15) is 0 Å². The molecule has 1 heterocycles. The summed E-state index contributed by atoms with van der Waals surface area (Å²) in [4.78, 5) is 4.21. The van der Waals surface area contributed by atoms with Gasteiger partial charge in [0.05, 0.1) is 19.4 Å². The molecule has 0 aliphatic heterocycles. The van der Waals surface area contributed by atoms with Crippen LogP contribution in [0.5, 0.6) is 5.88 Å². The van der Waals surface area contributed by atoms with Crippen molar-refractivity contribution in [3.63, 3.8) is 0 Å². The molecule has 5 heteroatoms. The number of aromatic nitrogens is 1. The molecule has 1 aromatic rings. The molecule has 0 atom stereocenters. The molecular weight excluding hydrogens is 218 g/mol. The van der Waals surface area contributed by atoms with Crippen molar-refractivity contribution in [2.24, 2.45) is 0 Å². The molecule has 3 N–H and O–H groups in total. The van der Waals surface area contributed by atoms with Gasteiger partial charge in [-0.15, -0.1) is 0 Å². The Morgan fingerprint density at radius 2 is 2.18 bits per heavy atom. The number of pyridine rings is 1. The minimum Gasteiger partial charge on any atom is -0.481 e. The van der Waals surface area contributed by atoms with Gasteiger partial charge in [-0.2, -0.15) is 4.98 Å². The lowest BCUT2D eigenvalue weighted by Gasteiger charge is -2.09. The monoisotopic (exact) mass is 239 g/mol. The topological polar surface area (TPSA) is 69.4 Å². The van der Waals surface area contributed by atoms with Crippen LogP contribution in [0.4, 0.5) is 11.5 Å². The number of ether oxygens (including phenoxy) is 2. The molecule has 0 saturated heterocycles. The normalized spacial score (nSPS) is 10.2. The van der Waals surface area contributed by atoms with Gasteiger partial charge in [0.2, 0.25) is 5.88 Å². The van der Waals surface area contributed by atoms with Crippen LogP contribution in [0.3, 0.4) is 0 Å². The quantitative estimate of drug-likeness (QED) is 0.678. The number of nitrogens with one attached hydrogen (secondary N) is 1. The molecule has 0 aromatic carbocycles. The summed E-state index contributed by atoms with van der Waals surface area (Å²) in [6.07, 6.45) is 2.25. The smallest absolute Gasteiger partial charge is 0.215 e. The second-order valence-corrected chi connectivity index (χ2v) is 3.68. The van der Waals surface area contributed by atoms with Crippen molar-refractivity contribution in [3.05, 3.63) is 12.1 Å². The van der Waals surface area contributed by atoms with E-state index in [1.165, 1.54) is 0 Å². The Morgan fingerprint density at radius 3 is 2.88 bits per heavy atom. The standard InChI is InChI=1S/C12H21N3O2/c1-3-4-8-17-9-7-14-12-10(13)5-6-11(15-12)16-2/h5-6H,3-4,7-9,13H2,1-2H3,(H,14,15). The Bertz CT molecular complexity index is 332. The summed E-state index contributed by atoms with van der Waals surface area (Å²) < 4.78 is 10.5. The van der Waals surface area contributed by atoms with Gasteiger partial charge in [0.25, 0.3) is 0 Å². The largest absolute Gasteiger partial charge is 0.481 e. The molecule has 0 unspecified atom stereocenters. The van der Waals surface area contributed by atoms with Crippen LogP contribution in [0, 0.1) is 0 Å². The lowest BCUT2D eigenvalue weighted by Crippen LogP contribution is -2.12. The highest BCUT2D eigenvalue weighted by atomic mass is 16.5. The van der Waals surface area contributed by atoms with Gasteiger partial charge < -0.3 is 20.5 Å². The van der Waals surface area contributed by atoms with E-state index >= 15 is 0 Å². The van der Waals surface area contributed by atoms with Crippen molar-refractivity contribution in [3.8, 4) is 5.88 Å². The number of nitrogens with two attached hydrogens (primary N) is 1. The fourth-order valence-corrected chi connectivity index (χ4v) is 1.30. The summed E-state index contributed by atoms with van der Waals surface area (Å²) in [5, 5.41) is 3.12. The van der Waals surface area contributed by atoms with Crippen LogP contribution in [0.25, 0.3) is 0 Å². The van der Waals surface area contributed by atoms with Crippen molar-refractivity contribution in [2.45, 2.75) is 19.8 Å². The molecule has 0 amide bonds. The first-order valence-electron chi connectivity index (χ1n) is 5.90. The van der Waals surface area contributed by atoms with E-state index in [-0.39, 0.29) is 0 Å². The highest BCUT2D eigenvalue weighted by molar-refractivity contribution is 5.61. The molecule has 96 valence electrons. The van der Waals surface area contributed by atoms with Crippen LogP contribution in [0.2, 0.25) is 0 Å². The summed E-state index contributed by atoms with van der Waals surface area (Å²) >= 11 is 0. The average molecular weight is 239 g/mol. The van der Waals surface area contributed by atoms with E-state index in [1.807, 2.05) is 0 Å². The minimum absolute atomic E-state index is 0.550. The van der Waals surface area contributed by atoms with Gasteiger partial charge in [0.15, 0.2) is 5.82 Å². The molecule has 1 rings (SSSR count). The highest BCUT2D eigenvalue weighted by Gasteiger charge is 2.02. The van der Waals surface area contributed by atoms with E-state index in [0.29, 0.717) is 30.5 Å². The van der Waals surface area contributed by atoms with Crippen molar-refractivity contribution in [1.29, 1.82) is 0 Å². The molecule has 0 fully saturated rings. The third-order valence-corrected chi connectivity index (χ3v) is 2.29. The number of hydrogen-bond acceptors (Lipinski definition) is 5. The fourth-order valence-electron chi connectivity index (χ4n) is 1.30. The van der Waals surface area contributed by atoms with E-state index in [4.69, 9.17) is 15.2 Å². The Labute approximate surface area is 102 Å². The molecule has 0 radical (unpaired) electrons. The van der Waals surface area contributed by atoms with Crippen LogP contribution in [-0.4, -0.2) is 31.9 Å². The van der Waals surface area contributed by atoms with Crippen LogP contribution in [0.15, 0.2) is 12.1 Å². The maximum atomic E-state index is 5.79. The number of hydrogen-bond donors (Lipinski definition) is 2. The van der Waals surface area contributed by atoms with Crippen LogP contribution in [-0.2, 0) is 4.74 Å². The molecule has 0 aliphatic rings. The third kappa shape index (κ3) is 4.91. The van der Waals surface area contributed by atoms with Gasteiger partial charge in [-0.1, -0.05) is 13.3 Å². The molecule has 0 bridgehead atoms. The second-order valence-electron chi connectivity index (χ2n) is 3.68. The van der Waals surface area contributed by atoms with Gasteiger partial charge >= 0.3 is 0 Å². The third-order valence-electron chi connectivity index (χ3n) is 2.29. The summed E-state index contributed by atoms with van der Waals surface area (Å²) in [7, 11) is 1.58. The predicted molar refractivity (Wildman–Crippen MR) is 69.4 cm³/mol. The summed E-state index contributed by atoms with van der Waals surface area (Å²) in [5.74, 6) is 1.19. The van der Waals surface area contributed by atoms with Crippen LogP contribution >= 0.6 is 0 Å². The van der Waals surface area contributed by atoms with E-state index in [0.717, 1.165) is 19.4 Å². The second kappa shape index (κ2) is 7.73. The minimum atomic E-state index is 0.550. The number of methoxy groups -OCH3 is 1. The van der Waals surface area contributed by atoms with E-state index in [1.54, 1.807) is 19.2 Å². The van der Waals surface area contributed by atoms with Crippen molar-refractivity contribution >= 4 is 11.5 Å². The first-order chi connectivity index (χ1) is 8.27. The fraction of sp³-hybridized carbons (Fsp3) is 0.583. The lowest BCUT2D eigenvalue weighted by molar-refractivity contribution is 0.141. The van der Waals surface area contributed by atoms with Crippen LogP contribution in [0.1, 0.15) is 19.8 Å².